The van der Waals surface area contributed by atoms with Crippen molar-refractivity contribution in [3.05, 3.63) is 0 Å². The van der Waals surface area contributed by atoms with E-state index in [0.717, 1.165) is 32.2 Å². The monoisotopic (exact) mass is 269 g/mol. The van der Waals surface area contributed by atoms with Gasteiger partial charge in [-0.2, -0.15) is 0 Å². The van der Waals surface area contributed by atoms with Gasteiger partial charge in [0.25, 0.3) is 0 Å². The maximum atomic E-state index is 12.4. The number of hydrogen-bond acceptors (Lipinski definition) is 4. The lowest BCUT2D eigenvalue weighted by atomic mass is 9.77. The summed E-state index contributed by atoms with van der Waals surface area (Å²) < 4.78 is 11.4. The number of carbonyl (C=O) groups is 1. The minimum Gasteiger partial charge on any atom is -0.461 e. The zero-order valence-corrected chi connectivity index (χ0v) is 12.6. The largest absolute Gasteiger partial charge is 0.461 e. The summed E-state index contributed by atoms with van der Waals surface area (Å²) in [5.74, 6) is -0.0870. The number of carbonyl (C=O) groups excluding carboxylic acids is 1. The number of ether oxygens (including phenoxy) is 2. The molecule has 110 valence electrons. The average Bonchev–Trinajstić information content (AvgIpc) is 2.26. The van der Waals surface area contributed by atoms with Gasteiger partial charge in [-0.3, -0.25) is 4.79 Å². The Morgan fingerprint density at radius 2 is 1.89 bits per heavy atom. The Kier molecular flexibility index (Phi) is 4.51. The maximum Gasteiger partial charge on any atom is 0.323 e. The molecule has 2 saturated heterocycles. The van der Waals surface area contributed by atoms with Gasteiger partial charge in [0.2, 0.25) is 0 Å². The van der Waals surface area contributed by atoms with Crippen molar-refractivity contribution in [1.82, 2.24) is 5.32 Å². The lowest BCUT2D eigenvalue weighted by Gasteiger charge is -2.39. The SMILES string of the molecule is CC1CC(OC(=O)C2NCCCC2(C)C)CC(C)O1. The Balaban J connectivity index is 1.93. The second-order valence-corrected chi connectivity index (χ2v) is 6.77. The summed E-state index contributed by atoms with van der Waals surface area (Å²) in [5.41, 5.74) is -0.0161. The van der Waals surface area contributed by atoms with Gasteiger partial charge in [-0.05, 0) is 38.6 Å². The van der Waals surface area contributed by atoms with Crippen LogP contribution in [-0.2, 0) is 14.3 Å². The molecule has 2 rings (SSSR count). The summed E-state index contributed by atoms with van der Waals surface area (Å²) in [7, 11) is 0. The molecule has 0 radical (unpaired) electrons. The molecule has 3 unspecified atom stereocenters. The number of piperidine rings is 1. The molecular formula is C15H27NO3. The highest BCUT2D eigenvalue weighted by atomic mass is 16.6. The molecule has 0 bridgehead atoms. The Labute approximate surface area is 116 Å². The second kappa shape index (κ2) is 5.80. The first kappa shape index (κ1) is 14.8. The van der Waals surface area contributed by atoms with Crippen molar-refractivity contribution in [2.45, 2.75) is 77.7 Å². The molecule has 1 N–H and O–H groups in total. The Morgan fingerprint density at radius 3 is 2.47 bits per heavy atom. The summed E-state index contributed by atoms with van der Waals surface area (Å²) in [5, 5.41) is 3.32. The van der Waals surface area contributed by atoms with Gasteiger partial charge in [-0.15, -0.1) is 0 Å². The molecule has 2 aliphatic heterocycles. The van der Waals surface area contributed by atoms with Crippen LogP contribution in [-0.4, -0.2) is 36.9 Å². The van der Waals surface area contributed by atoms with Crippen LogP contribution in [0.1, 0.15) is 53.4 Å². The molecule has 0 amide bonds. The Bertz CT molecular complexity index is 319. The van der Waals surface area contributed by atoms with Crippen LogP contribution in [0.2, 0.25) is 0 Å². The van der Waals surface area contributed by atoms with E-state index in [0.29, 0.717) is 0 Å². The molecule has 2 aliphatic rings. The van der Waals surface area contributed by atoms with Crippen molar-refractivity contribution >= 4 is 5.97 Å². The van der Waals surface area contributed by atoms with E-state index in [1.54, 1.807) is 0 Å². The third-order valence-electron chi connectivity index (χ3n) is 4.30. The summed E-state index contributed by atoms with van der Waals surface area (Å²) in [4.78, 5) is 12.4. The third kappa shape index (κ3) is 3.69. The second-order valence-electron chi connectivity index (χ2n) is 6.77. The van der Waals surface area contributed by atoms with Crippen LogP contribution >= 0.6 is 0 Å². The van der Waals surface area contributed by atoms with Crippen LogP contribution in [0.4, 0.5) is 0 Å². The van der Waals surface area contributed by atoms with Crippen molar-refractivity contribution < 1.29 is 14.3 Å². The fraction of sp³-hybridized carbons (Fsp3) is 0.933. The standard InChI is InChI=1S/C15H27NO3/c1-10-8-12(9-11(2)18-10)19-14(17)13-15(3,4)6-5-7-16-13/h10-13,16H,5-9H2,1-4H3. The number of nitrogens with one attached hydrogen (secondary N) is 1. The van der Waals surface area contributed by atoms with Gasteiger partial charge in [-0.25, -0.2) is 0 Å². The summed E-state index contributed by atoms with van der Waals surface area (Å²) in [6.07, 6.45) is 4.17. The van der Waals surface area contributed by atoms with E-state index in [-0.39, 0.29) is 35.7 Å². The smallest absolute Gasteiger partial charge is 0.323 e. The van der Waals surface area contributed by atoms with Crippen LogP contribution in [0.5, 0.6) is 0 Å². The zero-order chi connectivity index (χ0) is 14.0. The van der Waals surface area contributed by atoms with Crippen LogP contribution in [0.3, 0.4) is 0 Å². The van der Waals surface area contributed by atoms with E-state index >= 15 is 0 Å². The number of hydrogen-bond donors (Lipinski definition) is 1. The zero-order valence-electron chi connectivity index (χ0n) is 12.6. The van der Waals surface area contributed by atoms with Gasteiger partial charge in [-0.1, -0.05) is 13.8 Å². The fourth-order valence-electron chi connectivity index (χ4n) is 3.29. The predicted octanol–water partition coefficient (Wildman–Crippen LogP) is 2.26. The molecule has 4 nitrogen and oxygen atoms in total. The van der Waals surface area contributed by atoms with Crippen molar-refractivity contribution in [1.29, 1.82) is 0 Å². The minimum atomic E-state index is -0.172. The van der Waals surface area contributed by atoms with Crippen molar-refractivity contribution in [3.63, 3.8) is 0 Å². The molecule has 0 saturated carbocycles. The highest BCUT2D eigenvalue weighted by Crippen LogP contribution is 2.31. The first-order chi connectivity index (χ1) is 8.88. The topological polar surface area (TPSA) is 47.6 Å². The Morgan fingerprint density at radius 1 is 1.26 bits per heavy atom. The lowest BCUT2D eigenvalue weighted by molar-refractivity contribution is -0.166. The van der Waals surface area contributed by atoms with Gasteiger partial charge in [0.15, 0.2) is 0 Å². The van der Waals surface area contributed by atoms with Crippen LogP contribution in [0.15, 0.2) is 0 Å². The highest BCUT2D eigenvalue weighted by molar-refractivity contribution is 5.77. The van der Waals surface area contributed by atoms with E-state index in [9.17, 15) is 4.79 Å². The van der Waals surface area contributed by atoms with E-state index in [2.05, 4.69) is 19.2 Å². The van der Waals surface area contributed by atoms with Crippen LogP contribution < -0.4 is 5.32 Å². The van der Waals surface area contributed by atoms with E-state index in [4.69, 9.17) is 9.47 Å². The van der Waals surface area contributed by atoms with Gasteiger partial charge in [0, 0.05) is 12.8 Å². The quantitative estimate of drug-likeness (QED) is 0.781. The summed E-state index contributed by atoms with van der Waals surface area (Å²) in [6.45, 7) is 9.27. The first-order valence-electron chi connectivity index (χ1n) is 7.48. The molecule has 19 heavy (non-hydrogen) atoms. The molecule has 0 aromatic heterocycles. The molecule has 0 aromatic carbocycles. The molecule has 0 aromatic rings. The lowest BCUT2D eigenvalue weighted by Crippen LogP contribution is -2.53. The number of esters is 1. The van der Waals surface area contributed by atoms with Gasteiger partial charge < -0.3 is 14.8 Å². The first-order valence-corrected chi connectivity index (χ1v) is 7.48. The van der Waals surface area contributed by atoms with Crippen LogP contribution in [0, 0.1) is 5.41 Å². The molecule has 0 spiro atoms. The van der Waals surface area contributed by atoms with E-state index in [1.807, 2.05) is 13.8 Å². The van der Waals surface area contributed by atoms with Crippen LogP contribution in [0.25, 0.3) is 0 Å². The normalized spacial score (nSPS) is 38.7. The average molecular weight is 269 g/mol. The third-order valence-corrected chi connectivity index (χ3v) is 4.30. The minimum absolute atomic E-state index is 0.00535. The number of rotatable bonds is 2. The van der Waals surface area contributed by atoms with Gasteiger partial charge in [0.05, 0.1) is 12.2 Å². The van der Waals surface area contributed by atoms with E-state index < -0.39 is 0 Å². The molecule has 2 fully saturated rings. The Hall–Kier alpha value is -0.610. The summed E-state index contributed by atoms with van der Waals surface area (Å²) >= 11 is 0. The van der Waals surface area contributed by atoms with E-state index in [1.165, 1.54) is 0 Å². The van der Waals surface area contributed by atoms with Gasteiger partial charge in [0.1, 0.15) is 12.1 Å². The van der Waals surface area contributed by atoms with Crippen molar-refractivity contribution in [3.8, 4) is 0 Å². The molecule has 0 aliphatic carbocycles. The van der Waals surface area contributed by atoms with Crippen molar-refractivity contribution in [2.24, 2.45) is 5.41 Å². The van der Waals surface area contributed by atoms with Gasteiger partial charge >= 0.3 is 5.97 Å². The predicted molar refractivity (Wildman–Crippen MR) is 73.9 cm³/mol. The van der Waals surface area contributed by atoms with Crippen molar-refractivity contribution in [2.75, 3.05) is 6.54 Å². The fourth-order valence-corrected chi connectivity index (χ4v) is 3.29. The molecule has 3 atom stereocenters. The summed E-state index contributed by atoms with van der Waals surface area (Å²) in [6, 6.07) is -0.172. The molecule has 2 heterocycles. The molecular weight excluding hydrogens is 242 g/mol. The molecule has 4 heteroatoms. The highest BCUT2D eigenvalue weighted by Gasteiger charge is 2.39. The maximum absolute atomic E-state index is 12.4.